The van der Waals surface area contributed by atoms with E-state index in [2.05, 4.69) is 5.10 Å². The lowest BCUT2D eigenvalue weighted by molar-refractivity contribution is -0.389. The fourth-order valence-electron chi connectivity index (χ4n) is 1.96. The van der Waals surface area contributed by atoms with Crippen molar-refractivity contribution in [3.05, 3.63) is 21.3 Å². The van der Waals surface area contributed by atoms with Crippen LogP contribution in [0.3, 0.4) is 0 Å². The van der Waals surface area contributed by atoms with E-state index in [-0.39, 0.29) is 23.2 Å². The zero-order valence-corrected chi connectivity index (χ0v) is 10.5. The van der Waals surface area contributed by atoms with Crippen LogP contribution in [-0.2, 0) is 11.3 Å². The van der Waals surface area contributed by atoms with Gasteiger partial charge in [0, 0.05) is 19.5 Å². The molecule has 7 nitrogen and oxygen atoms in total. The Balaban J connectivity index is 1.91. The zero-order valence-electron chi connectivity index (χ0n) is 9.71. The maximum atomic E-state index is 11.8. The van der Waals surface area contributed by atoms with Crippen LogP contribution < -0.4 is 0 Å². The summed E-state index contributed by atoms with van der Waals surface area (Å²) in [7, 11) is 0. The number of hydrogen-bond acceptors (Lipinski definition) is 4. The summed E-state index contributed by atoms with van der Waals surface area (Å²) < 4.78 is 1.34. The normalized spacial score (nSPS) is 15.1. The van der Waals surface area contributed by atoms with E-state index in [0.717, 1.165) is 25.9 Å². The van der Waals surface area contributed by atoms with Gasteiger partial charge in [0.1, 0.15) is 0 Å². The van der Waals surface area contributed by atoms with Crippen LogP contribution in [0.4, 0.5) is 5.82 Å². The average molecular weight is 273 g/mol. The van der Waals surface area contributed by atoms with Crippen molar-refractivity contribution in [2.24, 2.45) is 0 Å². The highest BCUT2D eigenvalue weighted by Crippen LogP contribution is 2.21. The van der Waals surface area contributed by atoms with Crippen LogP contribution in [0.2, 0.25) is 5.02 Å². The molecule has 1 amide bonds. The first kappa shape index (κ1) is 12.8. The second-order valence-corrected chi connectivity index (χ2v) is 4.57. The first-order valence-corrected chi connectivity index (χ1v) is 6.11. The number of aryl methyl sites for hydroxylation is 1. The molecule has 0 spiro atoms. The third-order valence-corrected chi connectivity index (χ3v) is 3.15. The maximum Gasteiger partial charge on any atom is 0.408 e. The van der Waals surface area contributed by atoms with Crippen molar-refractivity contribution in [2.45, 2.75) is 25.8 Å². The van der Waals surface area contributed by atoms with E-state index in [1.165, 1.54) is 10.9 Å². The summed E-state index contributed by atoms with van der Waals surface area (Å²) in [4.78, 5) is 23.5. The Kier molecular flexibility index (Phi) is 3.81. The molecule has 1 aliphatic rings. The van der Waals surface area contributed by atoms with E-state index in [4.69, 9.17) is 11.6 Å². The summed E-state index contributed by atoms with van der Waals surface area (Å²) in [6, 6.07) is 0. The third-order valence-electron chi connectivity index (χ3n) is 2.89. The highest BCUT2D eigenvalue weighted by molar-refractivity contribution is 6.32. The molecule has 0 N–H and O–H groups in total. The van der Waals surface area contributed by atoms with Crippen LogP contribution in [0, 0.1) is 10.1 Å². The lowest BCUT2D eigenvalue weighted by Crippen LogP contribution is -2.28. The largest absolute Gasteiger partial charge is 0.408 e. The molecule has 0 atom stereocenters. The van der Waals surface area contributed by atoms with Crippen molar-refractivity contribution in [3.63, 3.8) is 0 Å². The number of aromatic nitrogens is 2. The van der Waals surface area contributed by atoms with Crippen molar-refractivity contribution < 1.29 is 9.72 Å². The number of nitrogens with zero attached hydrogens (tertiary/aromatic N) is 4. The van der Waals surface area contributed by atoms with E-state index >= 15 is 0 Å². The third kappa shape index (κ3) is 2.79. The van der Waals surface area contributed by atoms with Gasteiger partial charge in [-0.3, -0.25) is 4.79 Å². The van der Waals surface area contributed by atoms with Crippen LogP contribution in [0.1, 0.15) is 19.3 Å². The monoisotopic (exact) mass is 272 g/mol. The minimum atomic E-state index is -0.638. The predicted molar refractivity (Wildman–Crippen MR) is 64.3 cm³/mol. The van der Waals surface area contributed by atoms with Crippen LogP contribution >= 0.6 is 11.6 Å². The van der Waals surface area contributed by atoms with Crippen LogP contribution in [0.5, 0.6) is 0 Å². The molecule has 1 aromatic rings. The van der Waals surface area contributed by atoms with E-state index < -0.39 is 4.92 Å². The van der Waals surface area contributed by atoms with Crippen molar-refractivity contribution in [2.75, 3.05) is 13.1 Å². The molecule has 98 valence electrons. The van der Waals surface area contributed by atoms with E-state index in [1.807, 2.05) is 0 Å². The Bertz CT molecular complexity index is 468. The number of carbonyl (C=O) groups is 1. The summed E-state index contributed by atoms with van der Waals surface area (Å²) in [6.45, 7) is 1.92. The van der Waals surface area contributed by atoms with E-state index in [1.54, 1.807) is 4.90 Å². The molecule has 18 heavy (non-hydrogen) atoms. The molecule has 0 bridgehead atoms. The number of hydrogen-bond donors (Lipinski definition) is 0. The van der Waals surface area contributed by atoms with Crippen molar-refractivity contribution in [1.29, 1.82) is 0 Å². The van der Waals surface area contributed by atoms with Gasteiger partial charge in [0.15, 0.2) is 5.02 Å². The molecule has 2 heterocycles. The number of halogens is 1. The Hall–Kier alpha value is -1.63. The minimum Gasteiger partial charge on any atom is -0.358 e. The Morgan fingerprint density at radius 3 is 2.72 bits per heavy atom. The lowest BCUT2D eigenvalue weighted by Gasteiger charge is -2.14. The lowest BCUT2D eigenvalue weighted by atomic mass is 10.3. The van der Waals surface area contributed by atoms with Gasteiger partial charge in [-0.2, -0.15) is 4.68 Å². The molecule has 0 radical (unpaired) electrons. The molecule has 2 rings (SSSR count). The quantitative estimate of drug-likeness (QED) is 0.614. The zero-order chi connectivity index (χ0) is 13.1. The maximum absolute atomic E-state index is 11.8. The average Bonchev–Trinajstić information content (AvgIpc) is 2.94. The second-order valence-electron chi connectivity index (χ2n) is 4.16. The molecule has 0 aliphatic carbocycles. The van der Waals surface area contributed by atoms with Gasteiger partial charge in [-0.15, -0.1) is 0 Å². The molecule has 1 saturated heterocycles. The molecule has 1 fully saturated rings. The molecule has 8 heteroatoms. The topological polar surface area (TPSA) is 81.3 Å². The van der Waals surface area contributed by atoms with Gasteiger partial charge in [0.25, 0.3) is 0 Å². The second kappa shape index (κ2) is 5.34. The highest BCUT2D eigenvalue weighted by Gasteiger charge is 2.21. The Morgan fingerprint density at radius 2 is 2.17 bits per heavy atom. The van der Waals surface area contributed by atoms with Gasteiger partial charge in [0.2, 0.25) is 5.91 Å². The van der Waals surface area contributed by atoms with Crippen molar-refractivity contribution >= 4 is 23.3 Å². The number of nitro groups is 1. The molecular formula is C10H13ClN4O3. The van der Waals surface area contributed by atoms with Crippen molar-refractivity contribution in [3.8, 4) is 0 Å². The predicted octanol–water partition coefficient (Wildman–Crippen LogP) is 1.46. The van der Waals surface area contributed by atoms with Crippen LogP contribution in [0.25, 0.3) is 0 Å². The number of rotatable bonds is 4. The van der Waals surface area contributed by atoms with E-state index in [0.29, 0.717) is 6.54 Å². The molecule has 1 aliphatic heterocycles. The van der Waals surface area contributed by atoms with Gasteiger partial charge < -0.3 is 15.0 Å². The number of carbonyl (C=O) groups excluding carboxylic acids is 1. The van der Waals surface area contributed by atoms with Crippen LogP contribution in [0.15, 0.2) is 6.20 Å². The smallest absolute Gasteiger partial charge is 0.358 e. The molecule has 0 saturated carbocycles. The van der Waals surface area contributed by atoms with Gasteiger partial charge in [-0.25, -0.2) is 0 Å². The van der Waals surface area contributed by atoms with Gasteiger partial charge in [0.05, 0.1) is 17.8 Å². The van der Waals surface area contributed by atoms with Crippen LogP contribution in [-0.4, -0.2) is 38.6 Å². The Labute approximate surface area is 108 Å². The summed E-state index contributed by atoms with van der Waals surface area (Å²) in [6.07, 6.45) is 3.75. The highest BCUT2D eigenvalue weighted by atomic mass is 35.5. The first-order chi connectivity index (χ1) is 8.58. The SMILES string of the molecule is O=C(CCn1cc(Cl)c([N+](=O)[O-])n1)N1CCCC1. The number of likely N-dealkylation sites (tertiary alicyclic amines) is 1. The molecule has 1 aromatic heterocycles. The standard InChI is InChI=1S/C10H13ClN4O3/c11-8-7-14(12-10(8)15(17)18)6-3-9(16)13-4-1-2-5-13/h7H,1-6H2. The summed E-state index contributed by atoms with van der Waals surface area (Å²) >= 11 is 5.66. The Morgan fingerprint density at radius 1 is 1.50 bits per heavy atom. The first-order valence-electron chi connectivity index (χ1n) is 5.73. The molecule has 0 unspecified atom stereocenters. The minimum absolute atomic E-state index is 0.00591. The van der Waals surface area contributed by atoms with Gasteiger partial charge in [-0.1, -0.05) is 11.6 Å². The van der Waals surface area contributed by atoms with Gasteiger partial charge >= 0.3 is 5.82 Å². The summed E-state index contributed by atoms with van der Waals surface area (Å²) in [5, 5.41) is 14.3. The molecule has 0 aromatic carbocycles. The molecular weight excluding hydrogens is 260 g/mol. The van der Waals surface area contributed by atoms with E-state index in [9.17, 15) is 14.9 Å². The van der Waals surface area contributed by atoms with Crippen molar-refractivity contribution in [1.82, 2.24) is 14.7 Å². The van der Waals surface area contributed by atoms with Gasteiger partial charge in [-0.05, 0) is 17.8 Å². The summed E-state index contributed by atoms with van der Waals surface area (Å²) in [5.41, 5.74) is 0. The summed E-state index contributed by atoms with van der Waals surface area (Å²) in [5.74, 6) is -0.313. The fourth-order valence-corrected chi connectivity index (χ4v) is 2.18. The number of amides is 1. The fraction of sp³-hybridized carbons (Fsp3) is 0.600.